The van der Waals surface area contributed by atoms with Crippen LogP contribution in [-0.4, -0.2) is 31.9 Å². The van der Waals surface area contributed by atoms with Gasteiger partial charge in [0.05, 0.1) is 11.3 Å². The molecule has 0 radical (unpaired) electrons. The van der Waals surface area contributed by atoms with Gasteiger partial charge in [-0.05, 0) is 50.1 Å². The minimum Gasteiger partial charge on any atom is -0.350 e. The van der Waals surface area contributed by atoms with Crippen LogP contribution in [0.4, 0.5) is 0 Å². The van der Waals surface area contributed by atoms with Gasteiger partial charge in [-0.2, -0.15) is 10.2 Å². The van der Waals surface area contributed by atoms with Gasteiger partial charge < -0.3 is 5.32 Å². The number of aromatic amines is 1. The maximum atomic E-state index is 12.5. The van der Waals surface area contributed by atoms with E-state index in [1.54, 1.807) is 37.4 Å². The van der Waals surface area contributed by atoms with Crippen LogP contribution in [0.15, 0.2) is 53.6 Å². The standard InChI is InChI=1S/C19H21N5O2/c1-13(7-10-24-9-4-8-20-24)21-18(25)16-6-3-5-15(12-16)17-11-14(2)22-23-19(17)26/h3-6,8-9,11-13H,7,10H2,1-2H3,(H,21,25)(H,23,26)/t13-/m0/s1. The largest absolute Gasteiger partial charge is 0.350 e. The number of nitrogens with zero attached hydrogens (tertiary/aromatic N) is 3. The summed E-state index contributed by atoms with van der Waals surface area (Å²) < 4.78 is 1.83. The number of hydrogen-bond acceptors (Lipinski definition) is 4. The molecule has 0 saturated heterocycles. The Hall–Kier alpha value is -3.22. The van der Waals surface area contributed by atoms with Gasteiger partial charge in [-0.3, -0.25) is 14.3 Å². The zero-order chi connectivity index (χ0) is 18.5. The third kappa shape index (κ3) is 4.24. The Morgan fingerprint density at radius 3 is 2.92 bits per heavy atom. The minimum atomic E-state index is -0.277. The normalized spacial score (nSPS) is 11.9. The van der Waals surface area contributed by atoms with Crippen LogP contribution in [0.25, 0.3) is 11.1 Å². The maximum absolute atomic E-state index is 12.5. The number of carbonyl (C=O) groups excluding carboxylic acids is 1. The molecule has 2 N–H and O–H groups in total. The first-order chi connectivity index (χ1) is 12.5. The van der Waals surface area contributed by atoms with Crippen LogP contribution in [-0.2, 0) is 6.54 Å². The molecule has 7 heteroatoms. The Balaban J connectivity index is 1.70. The molecule has 1 amide bonds. The molecule has 0 aliphatic heterocycles. The zero-order valence-corrected chi connectivity index (χ0v) is 14.8. The van der Waals surface area contributed by atoms with Crippen LogP contribution < -0.4 is 10.9 Å². The second kappa shape index (κ2) is 7.77. The lowest BCUT2D eigenvalue weighted by Gasteiger charge is -2.14. The summed E-state index contributed by atoms with van der Waals surface area (Å²) in [4.78, 5) is 24.5. The number of H-pyrrole nitrogens is 1. The second-order valence-electron chi connectivity index (χ2n) is 6.27. The van der Waals surface area contributed by atoms with Crippen molar-refractivity contribution in [3.63, 3.8) is 0 Å². The van der Waals surface area contributed by atoms with Gasteiger partial charge in [0.2, 0.25) is 0 Å². The molecule has 0 aliphatic rings. The van der Waals surface area contributed by atoms with Gasteiger partial charge in [0, 0.05) is 30.5 Å². The van der Waals surface area contributed by atoms with Crippen LogP contribution in [0.3, 0.4) is 0 Å². The Morgan fingerprint density at radius 1 is 1.31 bits per heavy atom. The Labute approximate surface area is 151 Å². The van der Waals surface area contributed by atoms with Crippen LogP contribution in [0.1, 0.15) is 29.4 Å². The summed E-state index contributed by atoms with van der Waals surface area (Å²) in [5, 5.41) is 13.5. The lowest BCUT2D eigenvalue weighted by Crippen LogP contribution is -2.33. The van der Waals surface area contributed by atoms with Crippen molar-refractivity contribution in [3.05, 3.63) is 70.4 Å². The van der Waals surface area contributed by atoms with Crippen LogP contribution in [0.5, 0.6) is 0 Å². The summed E-state index contributed by atoms with van der Waals surface area (Å²) in [5.41, 5.74) is 2.14. The monoisotopic (exact) mass is 351 g/mol. The molecule has 0 aliphatic carbocycles. The minimum absolute atomic E-state index is 0.00179. The predicted octanol–water partition coefficient (Wildman–Crippen LogP) is 2.15. The smallest absolute Gasteiger partial charge is 0.272 e. The summed E-state index contributed by atoms with van der Waals surface area (Å²) in [6.07, 6.45) is 4.40. The Kier molecular flexibility index (Phi) is 5.26. The van der Waals surface area contributed by atoms with E-state index in [9.17, 15) is 9.59 Å². The number of carbonyl (C=O) groups is 1. The number of benzene rings is 1. The van der Waals surface area contributed by atoms with Crippen LogP contribution in [0.2, 0.25) is 0 Å². The third-order valence-corrected chi connectivity index (χ3v) is 4.10. The van der Waals surface area contributed by atoms with Crippen molar-refractivity contribution in [3.8, 4) is 11.1 Å². The molecule has 134 valence electrons. The van der Waals surface area contributed by atoms with Crippen molar-refractivity contribution < 1.29 is 4.79 Å². The second-order valence-corrected chi connectivity index (χ2v) is 6.27. The quantitative estimate of drug-likeness (QED) is 0.712. The first kappa shape index (κ1) is 17.6. The molecule has 2 heterocycles. The number of nitrogens with one attached hydrogen (secondary N) is 2. The van der Waals surface area contributed by atoms with E-state index in [2.05, 4.69) is 20.6 Å². The molecular weight excluding hydrogens is 330 g/mol. The SMILES string of the molecule is Cc1cc(-c2cccc(C(=O)N[C@@H](C)CCn3cccn3)c2)c(=O)[nH]n1. The molecule has 2 aromatic heterocycles. The molecule has 7 nitrogen and oxygen atoms in total. The van der Waals surface area contributed by atoms with Gasteiger partial charge in [-0.15, -0.1) is 0 Å². The number of amides is 1. The van der Waals surface area contributed by atoms with Crippen molar-refractivity contribution in [1.29, 1.82) is 0 Å². The first-order valence-corrected chi connectivity index (χ1v) is 8.48. The van der Waals surface area contributed by atoms with Gasteiger partial charge in [0.25, 0.3) is 11.5 Å². The highest BCUT2D eigenvalue weighted by Crippen LogP contribution is 2.17. The number of rotatable bonds is 6. The van der Waals surface area contributed by atoms with E-state index in [1.165, 1.54) is 0 Å². The van der Waals surface area contributed by atoms with Gasteiger partial charge in [0.1, 0.15) is 0 Å². The third-order valence-electron chi connectivity index (χ3n) is 4.10. The fourth-order valence-electron chi connectivity index (χ4n) is 2.69. The fourth-order valence-corrected chi connectivity index (χ4v) is 2.69. The van der Waals surface area contributed by atoms with E-state index >= 15 is 0 Å². The Bertz CT molecular complexity index is 947. The van der Waals surface area contributed by atoms with Gasteiger partial charge >= 0.3 is 0 Å². The molecule has 0 unspecified atom stereocenters. The van der Waals surface area contributed by atoms with E-state index in [0.717, 1.165) is 13.0 Å². The molecule has 26 heavy (non-hydrogen) atoms. The molecule has 3 rings (SSSR count). The molecule has 0 spiro atoms. The lowest BCUT2D eigenvalue weighted by atomic mass is 10.0. The highest BCUT2D eigenvalue weighted by atomic mass is 16.1. The summed E-state index contributed by atoms with van der Waals surface area (Å²) in [5.74, 6) is -0.165. The number of hydrogen-bond donors (Lipinski definition) is 2. The fraction of sp³-hybridized carbons (Fsp3) is 0.263. The van der Waals surface area contributed by atoms with Crippen molar-refractivity contribution in [2.75, 3.05) is 0 Å². The van der Waals surface area contributed by atoms with E-state index in [1.807, 2.05) is 29.9 Å². The molecule has 1 atom stereocenters. The van der Waals surface area contributed by atoms with Crippen molar-refractivity contribution in [2.24, 2.45) is 0 Å². The summed E-state index contributed by atoms with van der Waals surface area (Å²) >= 11 is 0. The first-order valence-electron chi connectivity index (χ1n) is 8.48. The summed E-state index contributed by atoms with van der Waals surface area (Å²) in [6, 6.07) is 10.6. The lowest BCUT2D eigenvalue weighted by molar-refractivity contribution is 0.0937. The molecule has 0 fully saturated rings. The van der Waals surface area contributed by atoms with E-state index in [4.69, 9.17) is 0 Å². The highest BCUT2D eigenvalue weighted by molar-refractivity contribution is 5.95. The van der Waals surface area contributed by atoms with E-state index in [0.29, 0.717) is 22.4 Å². The summed E-state index contributed by atoms with van der Waals surface area (Å²) in [6.45, 7) is 4.50. The van der Waals surface area contributed by atoms with Gasteiger partial charge in [-0.25, -0.2) is 5.10 Å². The van der Waals surface area contributed by atoms with Crippen molar-refractivity contribution in [1.82, 2.24) is 25.3 Å². The maximum Gasteiger partial charge on any atom is 0.272 e. The molecule has 1 aromatic carbocycles. The average Bonchev–Trinajstić information content (AvgIpc) is 3.16. The Morgan fingerprint density at radius 2 is 2.15 bits per heavy atom. The van der Waals surface area contributed by atoms with Crippen molar-refractivity contribution in [2.45, 2.75) is 32.9 Å². The van der Waals surface area contributed by atoms with Crippen molar-refractivity contribution >= 4 is 5.91 Å². The topological polar surface area (TPSA) is 92.7 Å². The van der Waals surface area contributed by atoms with E-state index < -0.39 is 0 Å². The zero-order valence-electron chi connectivity index (χ0n) is 14.8. The molecular formula is C19H21N5O2. The number of aryl methyl sites for hydroxylation is 2. The van der Waals surface area contributed by atoms with E-state index in [-0.39, 0.29) is 17.5 Å². The van der Waals surface area contributed by atoms with Gasteiger partial charge in [0.15, 0.2) is 0 Å². The predicted molar refractivity (Wildman–Crippen MR) is 98.8 cm³/mol. The molecule has 3 aromatic rings. The molecule has 0 saturated carbocycles. The van der Waals surface area contributed by atoms with Crippen LogP contribution >= 0.6 is 0 Å². The molecule has 0 bridgehead atoms. The number of aromatic nitrogens is 4. The van der Waals surface area contributed by atoms with Crippen LogP contribution in [0, 0.1) is 6.92 Å². The highest BCUT2D eigenvalue weighted by Gasteiger charge is 2.12. The summed E-state index contributed by atoms with van der Waals surface area (Å²) in [7, 11) is 0. The average molecular weight is 351 g/mol. The van der Waals surface area contributed by atoms with Gasteiger partial charge in [-0.1, -0.05) is 12.1 Å².